The zero-order valence-corrected chi connectivity index (χ0v) is 69.7. The minimum Gasteiger partial charge on any atom is -0.474 e. The molecule has 15 rings (SSSR count). The summed E-state index contributed by atoms with van der Waals surface area (Å²) in [4.78, 5) is 43.2. The molecule has 0 fully saturated rings. The number of rotatable bonds is 18. The van der Waals surface area contributed by atoms with Crippen LogP contribution in [0.2, 0.25) is 0 Å². The van der Waals surface area contributed by atoms with Crippen LogP contribution in [0.1, 0.15) is 164 Å². The third kappa shape index (κ3) is 23.4. The molecule has 0 aliphatic heterocycles. The van der Waals surface area contributed by atoms with E-state index < -0.39 is 3.79 Å². The van der Waals surface area contributed by atoms with Crippen molar-refractivity contribution < 1.29 is 32.3 Å². The minimum absolute atomic E-state index is 0.0294. The maximum absolute atomic E-state index is 5.70. The quantitative estimate of drug-likeness (QED) is 0.0458. The largest absolute Gasteiger partial charge is 0.474 e. The molecule has 5 N–H and O–H groups in total. The van der Waals surface area contributed by atoms with Crippen LogP contribution in [0, 0.1) is 6.92 Å². The van der Waals surface area contributed by atoms with Crippen LogP contribution in [-0.2, 0) is 29.5 Å². The van der Waals surface area contributed by atoms with E-state index in [1.807, 2.05) is 134 Å². The number of nitrogens with one attached hydrogen (secondary N) is 3. The Hall–Kier alpha value is -9.27. The Morgan fingerprint density at radius 3 is 1.05 bits per heavy atom. The van der Waals surface area contributed by atoms with Gasteiger partial charge in [-0.2, -0.15) is 19.9 Å². The molecule has 30 heteroatoms. The predicted octanol–water partition coefficient (Wildman–Crippen LogP) is 19.0. The molecule has 7 heterocycles. The van der Waals surface area contributed by atoms with Gasteiger partial charge in [0.15, 0.2) is 0 Å². The molecule has 4 aliphatic rings. The number of halogens is 5. The Morgan fingerprint density at radius 2 is 0.716 bits per heavy atom. The molecule has 0 amide bonds. The maximum Gasteiger partial charge on any atom is 0.321 e. The highest BCUT2D eigenvalue weighted by molar-refractivity contribution is 14.1. The molecular weight excluding hydrogens is 1670 g/mol. The van der Waals surface area contributed by atoms with Crippen LogP contribution in [0.3, 0.4) is 0 Å². The third-order valence-electron chi connectivity index (χ3n) is 15.4. The highest BCUT2D eigenvalue weighted by atomic mass is 127. The summed E-state index contributed by atoms with van der Waals surface area (Å²) in [5, 5.41) is 25.4. The van der Waals surface area contributed by atoms with E-state index in [-0.39, 0.29) is 42.3 Å². The second kappa shape index (κ2) is 37.9. The number of nitrogens with two attached hydrogens (primary N) is 1. The van der Waals surface area contributed by atoms with Gasteiger partial charge in [0.1, 0.15) is 0 Å². The molecule has 0 atom stereocenters. The zero-order valence-electron chi connectivity index (χ0n) is 63.2. The monoisotopic (exact) mass is 1760 g/mol. The van der Waals surface area contributed by atoms with Gasteiger partial charge in [0.05, 0.1) is 66.4 Å². The second-order valence-corrected chi connectivity index (χ2v) is 32.1. The number of hydrogen-bond acceptors (Lipinski definition) is 25. The standard InChI is InChI=1S/2C21H23N5O2.C14H14IN3O.C12H6Cl3IN2O.C8H12N2O.C3H9N/c2*1-12(2)23-21-25-20(26-28-21)15-6-5-14-7-8-16(17(14)9-15)18-10-22-11-19(24-18)27-13(3)4;1-8(2)16-14-17-13(18-19-14)10-4-3-9-5-6-12(15)11(9)7-10;13-12(14,15)11-17-10(18-19-11)7-2-1-6-3-4-9(16)8(6)5-7;1-6(2)11-8-5-9-4-7(3)10-8;1-3(2)4/h2*5-6,8-13H,7H2,1-4H3,(H,23,25,26);3-4,6-8H,5H2,1-2H3,(H,16,17,18);1-2,4-5H,3H2;4-6H,1-3H3;3H,4H2,1-2H3. The summed E-state index contributed by atoms with van der Waals surface area (Å²) in [7, 11) is 0. The predicted molar refractivity (Wildman–Crippen MR) is 445 cm³/mol. The molecule has 570 valence electrons. The first-order valence-corrected chi connectivity index (χ1v) is 38.8. The van der Waals surface area contributed by atoms with E-state index in [9.17, 15) is 0 Å². The molecule has 0 radical (unpaired) electrons. The number of aromatic nitrogens is 14. The fourth-order valence-corrected chi connectivity index (χ4v) is 12.6. The van der Waals surface area contributed by atoms with Gasteiger partial charge in [-0.25, -0.2) is 15.0 Å². The fourth-order valence-electron chi connectivity index (χ4n) is 11.0. The summed E-state index contributed by atoms with van der Waals surface area (Å²) < 4.78 is 38.2. The molecule has 0 bridgehead atoms. The number of benzene rings is 4. The van der Waals surface area contributed by atoms with E-state index >= 15 is 0 Å². The van der Waals surface area contributed by atoms with Gasteiger partial charge in [-0.1, -0.05) is 142 Å². The van der Waals surface area contributed by atoms with Crippen LogP contribution in [0.4, 0.5) is 18.0 Å². The van der Waals surface area contributed by atoms with Crippen LogP contribution in [-0.4, -0.2) is 113 Å². The Morgan fingerprint density at radius 1 is 0.404 bits per heavy atom. The average Bonchev–Trinajstić information content (AvgIpc) is 1.67. The third-order valence-corrected chi connectivity index (χ3v) is 17.9. The highest BCUT2D eigenvalue weighted by Gasteiger charge is 2.31. The first kappa shape index (κ1) is 82.2. The molecule has 0 saturated carbocycles. The van der Waals surface area contributed by atoms with Gasteiger partial charge < -0.3 is 54.0 Å². The highest BCUT2D eigenvalue weighted by Crippen LogP contribution is 2.41. The number of nitrogens with zero attached hydrogens (tertiary/aromatic N) is 14. The van der Waals surface area contributed by atoms with Crippen LogP contribution >= 0.6 is 80.0 Å². The first-order chi connectivity index (χ1) is 52.0. The number of aryl methyl sites for hydroxylation is 1. The molecule has 4 aromatic carbocycles. The number of allylic oxidation sites excluding steroid dienone is 4. The van der Waals surface area contributed by atoms with Crippen molar-refractivity contribution in [3.63, 3.8) is 0 Å². The number of alkyl halides is 3. The molecule has 25 nitrogen and oxygen atoms in total. The van der Waals surface area contributed by atoms with Crippen molar-refractivity contribution in [3.8, 4) is 63.2 Å². The van der Waals surface area contributed by atoms with Crippen molar-refractivity contribution in [3.05, 3.63) is 202 Å². The number of hydrogen-bond donors (Lipinski definition) is 4. The van der Waals surface area contributed by atoms with Crippen LogP contribution in [0.5, 0.6) is 17.6 Å². The maximum atomic E-state index is 5.70. The fraction of sp³-hybridized carbons (Fsp3) is 0.342. The van der Waals surface area contributed by atoms with Gasteiger partial charge in [-0.05, 0) is 236 Å². The smallest absolute Gasteiger partial charge is 0.321 e. The van der Waals surface area contributed by atoms with Crippen molar-refractivity contribution in [1.82, 2.24) is 70.5 Å². The molecule has 0 unspecified atom stereocenters. The lowest BCUT2D eigenvalue weighted by Crippen LogP contribution is -2.09. The van der Waals surface area contributed by atoms with E-state index in [1.165, 1.54) is 40.5 Å². The summed E-state index contributed by atoms with van der Waals surface area (Å²) >= 11 is 21.8. The van der Waals surface area contributed by atoms with Gasteiger partial charge in [0.25, 0.3) is 9.68 Å². The zero-order chi connectivity index (χ0) is 78.2. The molecule has 4 aliphatic carbocycles. The van der Waals surface area contributed by atoms with Crippen LogP contribution < -0.4 is 35.9 Å². The van der Waals surface area contributed by atoms with Crippen molar-refractivity contribution in [2.75, 3.05) is 16.0 Å². The molecule has 109 heavy (non-hydrogen) atoms. The van der Waals surface area contributed by atoms with Crippen molar-refractivity contribution in [2.45, 2.75) is 176 Å². The summed E-state index contributed by atoms with van der Waals surface area (Å²) in [6.45, 7) is 29.7. The van der Waals surface area contributed by atoms with Gasteiger partial charge >= 0.3 is 18.0 Å². The lowest BCUT2D eigenvalue weighted by molar-refractivity contribution is 0.231. The van der Waals surface area contributed by atoms with Gasteiger partial charge in [0, 0.05) is 64.9 Å². The summed E-state index contributed by atoms with van der Waals surface area (Å²) in [6.07, 6.45) is 22.8. The SMILES string of the molecule is CC(C)N.CC(C)Nc1nc(-c2ccc3c(c2)C(I)=CC3)no1.CC(C)Nc1nc(-c2ccc3c(c2)C(c2cncc(OC(C)C)n2)=CC3)no1.CC(C)Nc1nc(-c2ccc3c(c2)C(c2cncc(OC(C)C)n2)=CC3)no1.Cc1cncc(OC(C)C)n1.ClC(Cl)(Cl)c1nc(-c2ccc3c(c2)C(I)=CC3)no1. The van der Waals surface area contributed by atoms with Crippen molar-refractivity contribution >= 4 is 116 Å². The van der Waals surface area contributed by atoms with Crippen LogP contribution in [0.25, 0.3) is 63.9 Å². The van der Waals surface area contributed by atoms with Crippen LogP contribution in [0.15, 0.2) is 152 Å². The molecule has 0 saturated heterocycles. The molecular formula is C79H87Cl3I2N18O7. The first-order valence-electron chi connectivity index (χ1n) is 35.6. The normalized spacial score (nSPS) is 12.9. The summed E-state index contributed by atoms with van der Waals surface area (Å²) in [5.41, 5.74) is 23.1. The Kier molecular flexibility index (Phi) is 28.6. The van der Waals surface area contributed by atoms with Crippen molar-refractivity contribution in [1.29, 1.82) is 0 Å². The molecule has 0 spiro atoms. The van der Waals surface area contributed by atoms with E-state index in [4.69, 9.17) is 72.8 Å². The molecule has 7 aromatic heterocycles. The lowest BCUT2D eigenvalue weighted by Gasteiger charge is -2.11. The number of fused-ring (bicyclic) bond motifs is 4. The Balaban J connectivity index is 0.000000147. The van der Waals surface area contributed by atoms with E-state index in [0.29, 0.717) is 65.0 Å². The number of anilines is 3. The van der Waals surface area contributed by atoms with Gasteiger partial charge in [-0.15, -0.1) is 0 Å². The second-order valence-electron chi connectivity index (χ2n) is 27.5. The van der Waals surface area contributed by atoms with Gasteiger partial charge in [-0.3, -0.25) is 15.0 Å². The number of ether oxygens (including phenoxy) is 3. The van der Waals surface area contributed by atoms with Gasteiger partial charge in [0.2, 0.25) is 40.9 Å². The molecule has 11 aromatic rings. The topological polar surface area (TPSA) is 323 Å². The summed E-state index contributed by atoms with van der Waals surface area (Å²) in [6, 6.07) is 27.1. The Labute approximate surface area is 676 Å². The van der Waals surface area contributed by atoms with E-state index in [1.54, 1.807) is 37.2 Å². The average molecular weight is 1760 g/mol. The van der Waals surface area contributed by atoms with E-state index in [0.717, 1.165) is 87.3 Å². The summed E-state index contributed by atoms with van der Waals surface area (Å²) in [5.74, 6) is 3.78. The van der Waals surface area contributed by atoms with E-state index in [2.05, 4.69) is 198 Å². The lowest BCUT2D eigenvalue weighted by atomic mass is 10.0. The minimum atomic E-state index is -1.70. The van der Waals surface area contributed by atoms with Crippen molar-refractivity contribution in [2.24, 2.45) is 5.73 Å². The Bertz CT molecular complexity index is 4870.